The molecular weight excluding hydrogens is 298 g/mol. The van der Waals surface area contributed by atoms with E-state index >= 15 is 0 Å². The van der Waals surface area contributed by atoms with Gasteiger partial charge in [-0.15, -0.1) is 11.3 Å². The second-order valence-corrected chi connectivity index (χ2v) is 7.01. The molecule has 22 heavy (non-hydrogen) atoms. The van der Waals surface area contributed by atoms with Crippen molar-refractivity contribution in [1.29, 1.82) is 0 Å². The van der Waals surface area contributed by atoms with E-state index in [9.17, 15) is 4.79 Å². The molecule has 3 heterocycles. The van der Waals surface area contributed by atoms with Gasteiger partial charge in [0.05, 0.1) is 0 Å². The molecule has 114 valence electrons. The topological polar surface area (TPSA) is 72.2 Å². The first-order valence-corrected chi connectivity index (χ1v) is 7.80. The molecule has 0 saturated carbocycles. The SMILES string of the molecule is Cc1cc(-c2nccs2)nc2c(C(=O)NC(C)(C)C)ncn12. The maximum absolute atomic E-state index is 12.4. The number of aromatic nitrogens is 4. The Bertz CT molecular complexity index is 830. The number of carbonyl (C=O) groups excluding carboxylic acids is 1. The van der Waals surface area contributed by atoms with Crippen LogP contribution in [-0.4, -0.2) is 30.8 Å². The molecule has 0 aliphatic heterocycles. The average molecular weight is 315 g/mol. The number of aryl methyl sites for hydroxylation is 1. The van der Waals surface area contributed by atoms with E-state index in [4.69, 9.17) is 0 Å². The predicted molar refractivity (Wildman–Crippen MR) is 86.1 cm³/mol. The summed E-state index contributed by atoms with van der Waals surface area (Å²) in [7, 11) is 0. The molecule has 0 unspecified atom stereocenters. The van der Waals surface area contributed by atoms with E-state index in [0.29, 0.717) is 11.3 Å². The minimum atomic E-state index is -0.324. The molecule has 0 aliphatic rings. The second-order valence-electron chi connectivity index (χ2n) is 6.11. The van der Waals surface area contributed by atoms with Crippen LogP contribution in [0, 0.1) is 6.92 Å². The highest BCUT2D eigenvalue weighted by Gasteiger charge is 2.21. The van der Waals surface area contributed by atoms with Crippen LogP contribution in [-0.2, 0) is 0 Å². The van der Waals surface area contributed by atoms with Crippen LogP contribution in [0.2, 0.25) is 0 Å². The van der Waals surface area contributed by atoms with Crippen molar-refractivity contribution in [2.24, 2.45) is 0 Å². The Morgan fingerprint density at radius 3 is 2.73 bits per heavy atom. The van der Waals surface area contributed by atoms with Gasteiger partial charge in [0.25, 0.3) is 5.91 Å². The van der Waals surface area contributed by atoms with Crippen molar-refractivity contribution in [3.63, 3.8) is 0 Å². The Morgan fingerprint density at radius 2 is 2.09 bits per heavy atom. The van der Waals surface area contributed by atoms with Crippen LogP contribution < -0.4 is 5.32 Å². The molecule has 0 fully saturated rings. The van der Waals surface area contributed by atoms with E-state index in [1.165, 1.54) is 11.3 Å². The highest BCUT2D eigenvalue weighted by molar-refractivity contribution is 7.13. The van der Waals surface area contributed by atoms with Gasteiger partial charge in [-0.05, 0) is 33.8 Å². The van der Waals surface area contributed by atoms with Gasteiger partial charge in [-0.2, -0.15) is 0 Å². The van der Waals surface area contributed by atoms with Crippen LogP contribution in [0.4, 0.5) is 0 Å². The molecule has 0 saturated heterocycles. The van der Waals surface area contributed by atoms with Gasteiger partial charge in [0.15, 0.2) is 11.3 Å². The molecule has 3 aromatic heterocycles. The van der Waals surface area contributed by atoms with Crippen LogP contribution in [0.1, 0.15) is 37.0 Å². The lowest BCUT2D eigenvalue weighted by atomic mass is 10.1. The van der Waals surface area contributed by atoms with Crippen molar-refractivity contribution in [2.75, 3.05) is 0 Å². The van der Waals surface area contributed by atoms with Crippen molar-refractivity contribution < 1.29 is 4.79 Å². The predicted octanol–water partition coefficient (Wildman–Crippen LogP) is 2.69. The molecule has 7 heteroatoms. The summed E-state index contributed by atoms with van der Waals surface area (Å²) in [6.45, 7) is 7.76. The fourth-order valence-corrected chi connectivity index (χ4v) is 2.74. The zero-order valence-corrected chi connectivity index (χ0v) is 13.7. The number of nitrogens with zero attached hydrogens (tertiary/aromatic N) is 4. The number of hydrogen-bond acceptors (Lipinski definition) is 5. The summed E-state index contributed by atoms with van der Waals surface area (Å²) >= 11 is 1.52. The summed E-state index contributed by atoms with van der Waals surface area (Å²) in [4.78, 5) is 25.5. The third kappa shape index (κ3) is 2.71. The van der Waals surface area contributed by atoms with Crippen molar-refractivity contribution in [2.45, 2.75) is 33.2 Å². The lowest BCUT2D eigenvalue weighted by molar-refractivity contribution is 0.0916. The Hall–Kier alpha value is -2.28. The van der Waals surface area contributed by atoms with E-state index in [1.807, 2.05) is 43.5 Å². The Balaban J connectivity index is 2.11. The molecule has 0 bridgehead atoms. The molecule has 0 aromatic carbocycles. The number of carbonyl (C=O) groups is 1. The molecule has 0 radical (unpaired) electrons. The number of imidazole rings is 1. The summed E-state index contributed by atoms with van der Waals surface area (Å²) < 4.78 is 1.81. The smallest absolute Gasteiger partial charge is 0.274 e. The number of nitrogens with one attached hydrogen (secondary N) is 1. The normalized spacial score (nSPS) is 11.8. The van der Waals surface area contributed by atoms with Gasteiger partial charge in [0, 0.05) is 22.8 Å². The van der Waals surface area contributed by atoms with Crippen molar-refractivity contribution in [3.05, 3.63) is 35.4 Å². The maximum atomic E-state index is 12.4. The summed E-state index contributed by atoms with van der Waals surface area (Å²) in [6.07, 6.45) is 3.37. The van der Waals surface area contributed by atoms with Gasteiger partial charge in [-0.25, -0.2) is 15.0 Å². The molecule has 3 rings (SSSR count). The lowest BCUT2D eigenvalue weighted by Crippen LogP contribution is -2.40. The number of thiazole rings is 1. The fraction of sp³-hybridized carbons (Fsp3) is 0.333. The first-order valence-electron chi connectivity index (χ1n) is 6.92. The standard InChI is InChI=1S/C15H17N5OS/c1-9-7-10(14-16-5-6-22-14)18-12-11(17-8-20(9)12)13(21)19-15(2,3)4/h5-8H,1-4H3,(H,19,21). The van der Waals surface area contributed by atoms with Crippen LogP contribution in [0.25, 0.3) is 16.3 Å². The Labute approximate surface area is 132 Å². The van der Waals surface area contributed by atoms with Crippen molar-refractivity contribution >= 4 is 22.9 Å². The van der Waals surface area contributed by atoms with Gasteiger partial charge >= 0.3 is 0 Å². The van der Waals surface area contributed by atoms with Gasteiger partial charge in [0.1, 0.15) is 17.0 Å². The van der Waals surface area contributed by atoms with Crippen LogP contribution in [0.15, 0.2) is 24.0 Å². The van der Waals surface area contributed by atoms with Crippen molar-refractivity contribution in [3.8, 4) is 10.7 Å². The third-order valence-corrected chi connectivity index (χ3v) is 3.84. The molecule has 1 N–H and O–H groups in total. The van der Waals surface area contributed by atoms with E-state index in [1.54, 1.807) is 12.5 Å². The largest absolute Gasteiger partial charge is 0.346 e. The molecule has 1 amide bonds. The average Bonchev–Trinajstić information content (AvgIpc) is 3.05. The highest BCUT2D eigenvalue weighted by atomic mass is 32.1. The fourth-order valence-electron chi connectivity index (χ4n) is 2.14. The monoisotopic (exact) mass is 315 g/mol. The first kappa shape index (κ1) is 14.6. The lowest BCUT2D eigenvalue weighted by Gasteiger charge is -2.19. The first-order chi connectivity index (χ1) is 10.3. The van der Waals surface area contributed by atoms with E-state index in [0.717, 1.165) is 16.4 Å². The number of amides is 1. The Morgan fingerprint density at radius 1 is 1.32 bits per heavy atom. The van der Waals surface area contributed by atoms with Crippen molar-refractivity contribution in [1.82, 2.24) is 24.7 Å². The molecule has 6 nitrogen and oxygen atoms in total. The number of fused-ring (bicyclic) bond motifs is 1. The summed E-state index contributed by atoms with van der Waals surface area (Å²) in [5.41, 5.74) is 2.26. The van der Waals surface area contributed by atoms with Crippen LogP contribution >= 0.6 is 11.3 Å². The van der Waals surface area contributed by atoms with Gasteiger partial charge in [-0.3, -0.25) is 9.20 Å². The van der Waals surface area contributed by atoms with Gasteiger partial charge in [-0.1, -0.05) is 0 Å². The number of hydrogen-bond donors (Lipinski definition) is 1. The minimum Gasteiger partial charge on any atom is -0.346 e. The van der Waals surface area contributed by atoms with E-state index in [2.05, 4.69) is 20.3 Å². The zero-order valence-electron chi connectivity index (χ0n) is 12.9. The molecule has 3 aromatic rings. The van der Waals surface area contributed by atoms with Crippen LogP contribution in [0.3, 0.4) is 0 Å². The maximum Gasteiger partial charge on any atom is 0.274 e. The minimum absolute atomic E-state index is 0.224. The zero-order chi connectivity index (χ0) is 15.9. The van der Waals surface area contributed by atoms with E-state index in [-0.39, 0.29) is 11.4 Å². The van der Waals surface area contributed by atoms with E-state index < -0.39 is 0 Å². The summed E-state index contributed by atoms with van der Waals surface area (Å²) in [5, 5.41) is 5.65. The molecule has 0 aliphatic carbocycles. The molecule has 0 atom stereocenters. The molecular formula is C15H17N5OS. The summed E-state index contributed by atoms with van der Waals surface area (Å²) in [5.74, 6) is -0.224. The molecule has 0 spiro atoms. The van der Waals surface area contributed by atoms with Gasteiger partial charge in [0.2, 0.25) is 0 Å². The van der Waals surface area contributed by atoms with Gasteiger partial charge < -0.3 is 5.32 Å². The number of rotatable bonds is 2. The van der Waals surface area contributed by atoms with Crippen LogP contribution in [0.5, 0.6) is 0 Å². The quantitative estimate of drug-likeness (QED) is 0.789. The second kappa shape index (κ2) is 5.17. The highest BCUT2D eigenvalue weighted by Crippen LogP contribution is 2.22. The summed E-state index contributed by atoms with van der Waals surface area (Å²) in [6, 6.07) is 1.94. The third-order valence-electron chi connectivity index (χ3n) is 3.05. The Kier molecular flexibility index (Phi) is 3.44.